The van der Waals surface area contributed by atoms with Crippen LogP contribution < -0.4 is 11.1 Å². The minimum atomic E-state index is -0.798. The number of nitrogens with zero attached hydrogens (tertiary/aromatic N) is 2. The molecule has 0 saturated carbocycles. The largest absolute Gasteiger partial charge is 0.325 e. The fourth-order valence-corrected chi connectivity index (χ4v) is 1.27. The number of hydrogen-bond acceptors (Lipinski definition) is 4. The maximum Gasteiger partial charge on any atom is 0.233 e. The molecule has 5 nitrogen and oxygen atoms in total. The molecule has 1 aromatic heterocycles. The summed E-state index contributed by atoms with van der Waals surface area (Å²) >= 11 is 11.6. The van der Waals surface area contributed by atoms with E-state index in [4.69, 9.17) is 28.9 Å². The standard InChI is InChI=1S/C11H16Cl2N4O/c1-10(2,11(3,4)14)9(18)17-8-6(12)7(13)15-5-16-8/h5H,14H2,1-4H3,(H,15,16,17,18). The molecular formula is C11H16Cl2N4O. The van der Waals surface area contributed by atoms with Crippen LogP contribution in [-0.2, 0) is 4.79 Å². The van der Waals surface area contributed by atoms with E-state index in [1.807, 2.05) is 0 Å². The average molecular weight is 291 g/mol. The van der Waals surface area contributed by atoms with Crippen LogP contribution in [0.1, 0.15) is 27.7 Å². The van der Waals surface area contributed by atoms with Crippen molar-refractivity contribution in [3.05, 3.63) is 16.5 Å². The van der Waals surface area contributed by atoms with Gasteiger partial charge in [-0.3, -0.25) is 4.79 Å². The normalized spacial score (nSPS) is 12.4. The van der Waals surface area contributed by atoms with Crippen LogP contribution in [0.4, 0.5) is 5.82 Å². The molecule has 1 amide bonds. The number of carbonyl (C=O) groups is 1. The molecule has 0 bridgehead atoms. The van der Waals surface area contributed by atoms with Crippen molar-refractivity contribution in [2.24, 2.45) is 11.1 Å². The first-order valence-electron chi connectivity index (χ1n) is 5.33. The molecule has 1 heterocycles. The Hall–Kier alpha value is -0.910. The van der Waals surface area contributed by atoms with Crippen molar-refractivity contribution in [1.29, 1.82) is 0 Å². The number of hydrogen-bond donors (Lipinski definition) is 2. The number of rotatable bonds is 3. The van der Waals surface area contributed by atoms with Crippen molar-refractivity contribution in [2.45, 2.75) is 33.2 Å². The highest BCUT2D eigenvalue weighted by Gasteiger charge is 2.40. The van der Waals surface area contributed by atoms with Crippen LogP contribution in [0.3, 0.4) is 0 Å². The van der Waals surface area contributed by atoms with E-state index in [0.29, 0.717) is 0 Å². The summed E-state index contributed by atoms with van der Waals surface area (Å²) in [6.07, 6.45) is 1.23. The van der Waals surface area contributed by atoms with Gasteiger partial charge in [0.15, 0.2) is 11.0 Å². The summed E-state index contributed by atoms with van der Waals surface area (Å²) in [5, 5.41) is 2.81. The quantitative estimate of drug-likeness (QED) is 0.838. The second-order valence-electron chi connectivity index (χ2n) is 5.13. The molecule has 0 aliphatic rings. The zero-order valence-electron chi connectivity index (χ0n) is 10.7. The van der Waals surface area contributed by atoms with Crippen molar-refractivity contribution < 1.29 is 4.79 Å². The van der Waals surface area contributed by atoms with Crippen molar-refractivity contribution in [2.75, 3.05) is 5.32 Å². The second kappa shape index (κ2) is 4.99. The average Bonchev–Trinajstić information content (AvgIpc) is 2.23. The third-order valence-electron chi connectivity index (χ3n) is 3.16. The fourth-order valence-electron chi connectivity index (χ4n) is 0.992. The van der Waals surface area contributed by atoms with Gasteiger partial charge in [0.2, 0.25) is 5.91 Å². The molecule has 0 aliphatic heterocycles. The molecule has 7 heteroatoms. The van der Waals surface area contributed by atoms with E-state index < -0.39 is 11.0 Å². The molecular weight excluding hydrogens is 275 g/mol. The molecule has 3 N–H and O–H groups in total. The first-order valence-corrected chi connectivity index (χ1v) is 6.09. The Bertz CT molecular complexity index is 469. The van der Waals surface area contributed by atoms with Gasteiger partial charge in [-0.2, -0.15) is 0 Å². The molecule has 0 fully saturated rings. The summed E-state index contributed by atoms with van der Waals surface area (Å²) in [4.78, 5) is 19.8. The number of carbonyl (C=O) groups excluding carboxylic acids is 1. The van der Waals surface area contributed by atoms with Gasteiger partial charge in [0, 0.05) is 5.54 Å². The van der Waals surface area contributed by atoms with Gasteiger partial charge >= 0.3 is 0 Å². The van der Waals surface area contributed by atoms with E-state index in [1.54, 1.807) is 27.7 Å². The Morgan fingerprint density at radius 3 is 2.33 bits per heavy atom. The third-order valence-corrected chi connectivity index (χ3v) is 3.90. The van der Waals surface area contributed by atoms with Gasteiger partial charge < -0.3 is 11.1 Å². The van der Waals surface area contributed by atoms with Gasteiger partial charge in [0.25, 0.3) is 0 Å². The van der Waals surface area contributed by atoms with E-state index in [2.05, 4.69) is 15.3 Å². The Balaban J connectivity index is 2.99. The lowest BCUT2D eigenvalue weighted by molar-refractivity contribution is -0.126. The lowest BCUT2D eigenvalue weighted by atomic mass is 9.74. The number of nitrogens with two attached hydrogens (primary N) is 1. The molecule has 0 aromatic carbocycles. The molecule has 100 valence electrons. The second-order valence-corrected chi connectivity index (χ2v) is 5.86. The van der Waals surface area contributed by atoms with Gasteiger partial charge in [-0.1, -0.05) is 23.2 Å². The lowest BCUT2D eigenvalue weighted by Gasteiger charge is -2.36. The molecule has 1 aromatic rings. The van der Waals surface area contributed by atoms with Crippen LogP contribution >= 0.6 is 23.2 Å². The SMILES string of the molecule is CC(C)(N)C(C)(C)C(=O)Nc1ncnc(Cl)c1Cl. The molecule has 1 rings (SSSR count). The van der Waals surface area contributed by atoms with Crippen molar-refractivity contribution in [3.63, 3.8) is 0 Å². The summed E-state index contributed by atoms with van der Waals surface area (Å²) in [6.45, 7) is 7.06. The van der Waals surface area contributed by atoms with Gasteiger partial charge in [0.1, 0.15) is 11.3 Å². The summed E-state index contributed by atoms with van der Waals surface area (Å²) in [6, 6.07) is 0. The summed E-state index contributed by atoms with van der Waals surface area (Å²) in [5.41, 5.74) is 4.49. The van der Waals surface area contributed by atoms with E-state index in [-0.39, 0.29) is 21.9 Å². The van der Waals surface area contributed by atoms with E-state index >= 15 is 0 Å². The first-order chi connectivity index (χ1) is 8.07. The van der Waals surface area contributed by atoms with E-state index in [0.717, 1.165) is 0 Å². The van der Waals surface area contributed by atoms with E-state index in [9.17, 15) is 4.79 Å². The maximum absolute atomic E-state index is 12.2. The number of halogens is 2. The molecule has 0 unspecified atom stereocenters. The number of anilines is 1. The minimum absolute atomic E-state index is 0.0896. The van der Waals surface area contributed by atoms with Crippen LogP contribution in [0.2, 0.25) is 10.2 Å². The summed E-state index contributed by atoms with van der Waals surface area (Å²) in [7, 11) is 0. The number of aromatic nitrogens is 2. The topological polar surface area (TPSA) is 80.9 Å². The van der Waals surface area contributed by atoms with Crippen LogP contribution in [-0.4, -0.2) is 21.4 Å². The van der Waals surface area contributed by atoms with Crippen molar-refractivity contribution >= 4 is 34.9 Å². The Morgan fingerprint density at radius 1 is 1.28 bits per heavy atom. The van der Waals surface area contributed by atoms with Crippen LogP contribution in [0.25, 0.3) is 0 Å². The summed E-state index contributed by atoms with van der Waals surface area (Å²) in [5.74, 6) is -0.106. The zero-order valence-corrected chi connectivity index (χ0v) is 12.2. The molecule has 0 spiro atoms. The zero-order chi connectivity index (χ0) is 14.1. The van der Waals surface area contributed by atoms with Crippen molar-refractivity contribution in [1.82, 2.24) is 9.97 Å². The summed E-state index contributed by atoms with van der Waals surface area (Å²) < 4.78 is 0. The first kappa shape index (κ1) is 15.1. The molecule has 0 radical (unpaired) electrons. The Kier molecular flexibility index (Phi) is 4.20. The smallest absolute Gasteiger partial charge is 0.233 e. The Morgan fingerprint density at radius 2 is 1.83 bits per heavy atom. The van der Waals surface area contributed by atoms with Gasteiger partial charge in [-0.15, -0.1) is 0 Å². The van der Waals surface area contributed by atoms with Gasteiger partial charge in [0.05, 0.1) is 5.41 Å². The van der Waals surface area contributed by atoms with Crippen molar-refractivity contribution in [3.8, 4) is 0 Å². The highest BCUT2D eigenvalue weighted by Crippen LogP contribution is 2.31. The number of amides is 1. The molecule has 18 heavy (non-hydrogen) atoms. The highest BCUT2D eigenvalue weighted by molar-refractivity contribution is 6.42. The Labute approximate surface area is 116 Å². The third kappa shape index (κ3) is 2.91. The minimum Gasteiger partial charge on any atom is -0.325 e. The van der Waals surface area contributed by atoms with E-state index in [1.165, 1.54) is 6.33 Å². The lowest BCUT2D eigenvalue weighted by Crippen LogP contribution is -2.53. The highest BCUT2D eigenvalue weighted by atomic mass is 35.5. The maximum atomic E-state index is 12.2. The molecule has 0 atom stereocenters. The fraction of sp³-hybridized carbons (Fsp3) is 0.545. The molecule has 0 aliphatic carbocycles. The molecule has 0 saturated heterocycles. The number of nitrogens with one attached hydrogen (secondary N) is 1. The monoisotopic (exact) mass is 290 g/mol. The van der Waals surface area contributed by atoms with Gasteiger partial charge in [-0.25, -0.2) is 9.97 Å². The predicted molar refractivity (Wildman–Crippen MR) is 72.7 cm³/mol. The predicted octanol–water partition coefficient (Wildman–Crippen LogP) is 2.49. The van der Waals surface area contributed by atoms with Crippen LogP contribution in [0, 0.1) is 5.41 Å². The van der Waals surface area contributed by atoms with Crippen LogP contribution in [0.5, 0.6) is 0 Å². The van der Waals surface area contributed by atoms with Crippen LogP contribution in [0.15, 0.2) is 6.33 Å². The van der Waals surface area contributed by atoms with Gasteiger partial charge in [-0.05, 0) is 27.7 Å².